The molecule has 2 rings (SSSR count). The zero-order valence-corrected chi connectivity index (χ0v) is 7.71. The Hall–Kier alpha value is -0.790. The van der Waals surface area contributed by atoms with Gasteiger partial charge in [0, 0.05) is 12.0 Å². The van der Waals surface area contributed by atoms with E-state index in [0.717, 1.165) is 17.9 Å². The van der Waals surface area contributed by atoms with E-state index in [1.54, 1.807) is 0 Å². The lowest BCUT2D eigenvalue weighted by Gasteiger charge is -1.96. The van der Waals surface area contributed by atoms with Crippen LogP contribution in [0.4, 0.5) is 0 Å². The van der Waals surface area contributed by atoms with E-state index in [9.17, 15) is 0 Å². The van der Waals surface area contributed by atoms with Gasteiger partial charge in [-0.05, 0) is 25.2 Å². The van der Waals surface area contributed by atoms with Crippen molar-refractivity contribution in [3.05, 3.63) is 17.5 Å². The highest BCUT2D eigenvalue weighted by molar-refractivity contribution is 5.14. The molecule has 0 unspecified atom stereocenters. The molecule has 0 spiro atoms. The first-order valence-electron chi connectivity index (χ1n) is 4.71. The summed E-state index contributed by atoms with van der Waals surface area (Å²) in [6.07, 6.45) is 3.61. The molecule has 2 heteroatoms. The van der Waals surface area contributed by atoms with Gasteiger partial charge in [0.15, 0.2) is 0 Å². The van der Waals surface area contributed by atoms with Crippen molar-refractivity contribution >= 4 is 0 Å². The van der Waals surface area contributed by atoms with Crippen LogP contribution >= 0.6 is 0 Å². The standard InChI is InChI=1S/C10H15NO/c1-7(2)5-9-6-10(12-11-9)8-3-4-8/h6-8H,3-5H2,1-2H3. The minimum Gasteiger partial charge on any atom is -0.361 e. The molecule has 0 aliphatic heterocycles. The maximum Gasteiger partial charge on any atom is 0.140 e. The maximum absolute atomic E-state index is 5.24. The molecule has 1 heterocycles. The largest absolute Gasteiger partial charge is 0.361 e. The van der Waals surface area contributed by atoms with Crippen LogP contribution in [0, 0.1) is 5.92 Å². The van der Waals surface area contributed by atoms with E-state index in [1.807, 2.05) is 0 Å². The third-order valence-electron chi connectivity index (χ3n) is 2.17. The van der Waals surface area contributed by atoms with Gasteiger partial charge in [0.2, 0.25) is 0 Å². The minimum absolute atomic E-state index is 0.669. The quantitative estimate of drug-likeness (QED) is 0.688. The van der Waals surface area contributed by atoms with E-state index < -0.39 is 0 Å². The Morgan fingerprint density at radius 1 is 1.58 bits per heavy atom. The summed E-state index contributed by atoms with van der Waals surface area (Å²) < 4.78 is 5.24. The summed E-state index contributed by atoms with van der Waals surface area (Å²) in [5, 5.41) is 4.04. The highest BCUT2D eigenvalue weighted by atomic mass is 16.5. The molecule has 1 aliphatic rings. The third kappa shape index (κ3) is 1.68. The average Bonchev–Trinajstić information content (AvgIpc) is 2.73. The van der Waals surface area contributed by atoms with Gasteiger partial charge in [0.1, 0.15) is 5.76 Å². The molecular formula is C10H15NO. The van der Waals surface area contributed by atoms with Crippen LogP contribution in [0.5, 0.6) is 0 Å². The Kier molecular flexibility index (Phi) is 1.91. The summed E-state index contributed by atoms with van der Waals surface area (Å²) in [5.74, 6) is 2.46. The van der Waals surface area contributed by atoms with Crippen molar-refractivity contribution in [1.82, 2.24) is 5.16 Å². The maximum atomic E-state index is 5.24. The molecule has 0 N–H and O–H groups in total. The molecular weight excluding hydrogens is 150 g/mol. The second-order valence-corrected chi connectivity index (χ2v) is 4.09. The lowest BCUT2D eigenvalue weighted by Crippen LogP contribution is -1.92. The van der Waals surface area contributed by atoms with Crippen LogP contribution in [-0.2, 0) is 6.42 Å². The fourth-order valence-corrected chi connectivity index (χ4v) is 1.40. The van der Waals surface area contributed by atoms with Gasteiger partial charge in [0.25, 0.3) is 0 Å². The van der Waals surface area contributed by atoms with Crippen molar-refractivity contribution in [2.45, 2.75) is 39.0 Å². The summed E-state index contributed by atoms with van der Waals surface area (Å²) in [6.45, 7) is 4.40. The smallest absolute Gasteiger partial charge is 0.140 e. The molecule has 1 aromatic rings. The van der Waals surface area contributed by atoms with Gasteiger partial charge in [0.05, 0.1) is 5.69 Å². The molecule has 66 valence electrons. The van der Waals surface area contributed by atoms with Crippen LogP contribution < -0.4 is 0 Å². The van der Waals surface area contributed by atoms with Crippen LogP contribution in [0.1, 0.15) is 44.1 Å². The molecule has 0 radical (unpaired) electrons. The summed E-state index contributed by atoms with van der Waals surface area (Å²) in [6, 6.07) is 2.12. The Balaban J connectivity index is 2.03. The van der Waals surface area contributed by atoms with E-state index in [2.05, 4.69) is 25.1 Å². The molecule has 2 nitrogen and oxygen atoms in total. The van der Waals surface area contributed by atoms with Gasteiger partial charge in [-0.3, -0.25) is 0 Å². The van der Waals surface area contributed by atoms with Gasteiger partial charge in [-0.25, -0.2) is 0 Å². The minimum atomic E-state index is 0.669. The van der Waals surface area contributed by atoms with Crippen LogP contribution in [0.25, 0.3) is 0 Å². The van der Waals surface area contributed by atoms with Crippen LogP contribution in [0.2, 0.25) is 0 Å². The Labute approximate surface area is 72.9 Å². The first kappa shape index (κ1) is 7.84. The van der Waals surface area contributed by atoms with Gasteiger partial charge in [-0.2, -0.15) is 0 Å². The average molecular weight is 165 g/mol. The molecule has 0 bridgehead atoms. The van der Waals surface area contributed by atoms with Crippen molar-refractivity contribution in [3.63, 3.8) is 0 Å². The zero-order valence-electron chi connectivity index (χ0n) is 7.71. The van der Waals surface area contributed by atoms with Crippen molar-refractivity contribution in [2.24, 2.45) is 5.92 Å². The molecule has 0 amide bonds. The molecule has 0 aromatic carbocycles. The first-order valence-corrected chi connectivity index (χ1v) is 4.71. The SMILES string of the molecule is CC(C)Cc1cc(C2CC2)on1. The molecule has 12 heavy (non-hydrogen) atoms. The van der Waals surface area contributed by atoms with Gasteiger partial charge >= 0.3 is 0 Å². The molecule has 0 atom stereocenters. The van der Waals surface area contributed by atoms with Crippen molar-refractivity contribution in [1.29, 1.82) is 0 Å². The van der Waals surface area contributed by atoms with Crippen LogP contribution in [0.15, 0.2) is 10.6 Å². The van der Waals surface area contributed by atoms with Gasteiger partial charge in [-0.1, -0.05) is 19.0 Å². The molecule has 0 saturated heterocycles. The normalized spacial score (nSPS) is 17.2. The summed E-state index contributed by atoms with van der Waals surface area (Å²) >= 11 is 0. The predicted octanol–water partition coefficient (Wildman–Crippen LogP) is 2.75. The molecule has 1 saturated carbocycles. The lowest BCUT2D eigenvalue weighted by molar-refractivity contribution is 0.375. The number of hydrogen-bond donors (Lipinski definition) is 0. The van der Waals surface area contributed by atoms with Gasteiger partial charge in [-0.15, -0.1) is 0 Å². The van der Waals surface area contributed by atoms with E-state index >= 15 is 0 Å². The molecule has 1 aliphatic carbocycles. The summed E-state index contributed by atoms with van der Waals surface area (Å²) in [5.41, 5.74) is 1.12. The predicted molar refractivity (Wildman–Crippen MR) is 47.0 cm³/mol. The van der Waals surface area contributed by atoms with E-state index in [4.69, 9.17) is 4.52 Å². The summed E-state index contributed by atoms with van der Waals surface area (Å²) in [7, 11) is 0. The van der Waals surface area contributed by atoms with Gasteiger partial charge < -0.3 is 4.52 Å². The monoisotopic (exact) mass is 165 g/mol. The highest BCUT2D eigenvalue weighted by Gasteiger charge is 2.27. The van der Waals surface area contributed by atoms with Crippen molar-refractivity contribution in [3.8, 4) is 0 Å². The Morgan fingerprint density at radius 2 is 2.33 bits per heavy atom. The lowest BCUT2D eigenvalue weighted by atomic mass is 10.1. The first-order chi connectivity index (χ1) is 5.75. The number of aromatic nitrogens is 1. The fourth-order valence-electron chi connectivity index (χ4n) is 1.40. The fraction of sp³-hybridized carbons (Fsp3) is 0.700. The van der Waals surface area contributed by atoms with Crippen LogP contribution in [-0.4, -0.2) is 5.16 Å². The topological polar surface area (TPSA) is 26.0 Å². The van der Waals surface area contributed by atoms with Crippen molar-refractivity contribution < 1.29 is 4.52 Å². The highest BCUT2D eigenvalue weighted by Crippen LogP contribution is 2.40. The van der Waals surface area contributed by atoms with E-state index in [-0.39, 0.29) is 0 Å². The second-order valence-electron chi connectivity index (χ2n) is 4.09. The number of hydrogen-bond acceptors (Lipinski definition) is 2. The third-order valence-corrected chi connectivity index (χ3v) is 2.17. The van der Waals surface area contributed by atoms with Crippen LogP contribution in [0.3, 0.4) is 0 Å². The molecule has 1 fully saturated rings. The zero-order chi connectivity index (χ0) is 8.55. The Bertz CT molecular complexity index is 261. The second kappa shape index (κ2) is 2.92. The number of nitrogens with zero attached hydrogens (tertiary/aromatic N) is 1. The summed E-state index contributed by atoms with van der Waals surface area (Å²) in [4.78, 5) is 0. The van der Waals surface area contributed by atoms with Crippen molar-refractivity contribution in [2.75, 3.05) is 0 Å². The molecule has 1 aromatic heterocycles. The Morgan fingerprint density at radius 3 is 2.92 bits per heavy atom. The van der Waals surface area contributed by atoms with E-state index in [1.165, 1.54) is 12.8 Å². The number of rotatable bonds is 3. The van der Waals surface area contributed by atoms with E-state index in [0.29, 0.717) is 11.8 Å².